The van der Waals surface area contributed by atoms with E-state index in [4.69, 9.17) is 9.47 Å². The van der Waals surface area contributed by atoms with E-state index < -0.39 is 0 Å². The minimum atomic E-state index is 0.0422. The zero-order valence-corrected chi connectivity index (χ0v) is 16.7. The highest BCUT2D eigenvalue weighted by Crippen LogP contribution is 2.24. The van der Waals surface area contributed by atoms with Crippen molar-refractivity contribution in [2.75, 3.05) is 51.4 Å². The van der Waals surface area contributed by atoms with Crippen LogP contribution >= 0.6 is 0 Å². The van der Waals surface area contributed by atoms with Gasteiger partial charge in [-0.15, -0.1) is 10.2 Å². The summed E-state index contributed by atoms with van der Waals surface area (Å²) in [6.45, 7) is 4.45. The summed E-state index contributed by atoms with van der Waals surface area (Å²) in [4.78, 5) is 14.7. The minimum Gasteiger partial charge on any atom is -0.497 e. The van der Waals surface area contributed by atoms with Crippen LogP contribution in [0.5, 0.6) is 5.75 Å². The predicted octanol–water partition coefficient (Wildman–Crippen LogP) is 1.73. The second-order valence-electron chi connectivity index (χ2n) is 7.34. The van der Waals surface area contributed by atoms with Crippen LogP contribution in [0.4, 0.5) is 5.82 Å². The largest absolute Gasteiger partial charge is 0.497 e. The molecule has 2 saturated heterocycles. The minimum absolute atomic E-state index is 0.0422. The Morgan fingerprint density at radius 3 is 2.38 bits per heavy atom. The summed E-state index contributed by atoms with van der Waals surface area (Å²) in [5.74, 6) is 1.83. The Kier molecular flexibility index (Phi) is 6.21. The van der Waals surface area contributed by atoms with Gasteiger partial charge in [-0.05, 0) is 49.2 Å². The number of nitrogens with zero attached hydrogens (tertiary/aromatic N) is 4. The van der Waals surface area contributed by atoms with E-state index in [0.717, 1.165) is 61.8 Å². The molecule has 8 nitrogen and oxygen atoms in total. The molecule has 29 heavy (non-hydrogen) atoms. The standard InChI is InChI=1S/C21H27N5O3/c1-28-18-4-2-16(3-5-18)19-6-7-20(23-22-19)25-10-8-17(9-11-25)21(27)24-26-12-14-29-15-13-26/h2-7,17H,8-15H2,1H3,(H,24,27). The van der Waals surface area contributed by atoms with Crippen molar-refractivity contribution in [3.8, 4) is 17.0 Å². The van der Waals surface area contributed by atoms with Gasteiger partial charge in [-0.1, -0.05) is 0 Å². The van der Waals surface area contributed by atoms with E-state index in [2.05, 4.69) is 20.5 Å². The molecule has 2 aliphatic heterocycles. The molecule has 1 N–H and O–H groups in total. The fraction of sp³-hybridized carbons (Fsp3) is 0.476. The van der Waals surface area contributed by atoms with E-state index in [1.54, 1.807) is 7.11 Å². The van der Waals surface area contributed by atoms with Crippen molar-refractivity contribution in [3.63, 3.8) is 0 Å². The summed E-state index contributed by atoms with van der Waals surface area (Å²) in [5, 5.41) is 10.7. The normalized spacial score (nSPS) is 18.4. The number of morpholine rings is 1. The van der Waals surface area contributed by atoms with E-state index in [1.165, 1.54) is 0 Å². The van der Waals surface area contributed by atoms with Gasteiger partial charge >= 0.3 is 0 Å². The number of ether oxygens (including phenoxy) is 2. The zero-order valence-electron chi connectivity index (χ0n) is 16.7. The highest BCUT2D eigenvalue weighted by atomic mass is 16.5. The second-order valence-corrected chi connectivity index (χ2v) is 7.34. The van der Waals surface area contributed by atoms with Crippen molar-refractivity contribution in [2.24, 2.45) is 5.92 Å². The van der Waals surface area contributed by atoms with Crippen LogP contribution in [0.1, 0.15) is 12.8 Å². The first-order valence-corrected chi connectivity index (χ1v) is 10.1. The molecule has 0 spiro atoms. The van der Waals surface area contributed by atoms with Gasteiger partial charge in [0, 0.05) is 37.7 Å². The average Bonchev–Trinajstić information content (AvgIpc) is 2.80. The molecule has 8 heteroatoms. The zero-order chi connectivity index (χ0) is 20.1. The Bertz CT molecular complexity index is 798. The number of aromatic nitrogens is 2. The van der Waals surface area contributed by atoms with Crippen molar-refractivity contribution in [1.82, 2.24) is 20.6 Å². The lowest BCUT2D eigenvalue weighted by Crippen LogP contribution is -2.51. The molecule has 1 aromatic heterocycles. The third-order valence-corrected chi connectivity index (χ3v) is 5.51. The molecular weight excluding hydrogens is 370 g/mol. The number of amides is 1. The van der Waals surface area contributed by atoms with Crippen LogP contribution in [0.3, 0.4) is 0 Å². The molecule has 2 aromatic rings. The summed E-state index contributed by atoms with van der Waals surface area (Å²) < 4.78 is 10.5. The Morgan fingerprint density at radius 2 is 1.76 bits per heavy atom. The Hall–Kier alpha value is -2.71. The van der Waals surface area contributed by atoms with E-state index in [9.17, 15) is 4.79 Å². The molecule has 0 saturated carbocycles. The topological polar surface area (TPSA) is 79.8 Å². The number of hydrogen-bond donors (Lipinski definition) is 1. The molecule has 2 fully saturated rings. The van der Waals surface area contributed by atoms with Gasteiger partial charge in [-0.2, -0.15) is 0 Å². The summed E-state index contributed by atoms with van der Waals surface area (Å²) in [5.41, 5.74) is 4.87. The van der Waals surface area contributed by atoms with Crippen molar-refractivity contribution in [2.45, 2.75) is 12.8 Å². The second kappa shape index (κ2) is 9.19. The van der Waals surface area contributed by atoms with Gasteiger partial charge in [0.05, 0.1) is 26.0 Å². The van der Waals surface area contributed by atoms with Crippen LogP contribution in [0, 0.1) is 5.92 Å². The van der Waals surface area contributed by atoms with Gasteiger partial charge in [0.15, 0.2) is 5.82 Å². The molecule has 0 radical (unpaired) electrons. The number of hydrazine groups is 1. The molecule has 0 atom stereocenters. The lowest BCUT2D eigenvalue weighted by atomic mass is 9.96. The third-order valence-electron chi connectivity index (χ3n) is 5.51. The quantitative estimate of drug-likeness (QED) is 0.823. The van der Waals surface area contributed by atoms with Crippen LogP contribution in [0.2, 0.25) is 0 Å². The van der Waals surface area contributed by atoms with Gasteiger partial charge in [0.25, 0.3) is 0 Å². The maximum atomic E-state index is 12.5. The van der Waals surface area contributed by atoms with E-state index >= 15 is 0 Å². The number of nitrogens with one attached hydrogen (secondary N) is 1. The predicted molar refractivity (Wildman–Crippen MR) is 109 cm³/mol. The van der Waals surface area contributed by atoms with Gasteiger partial charge in [0.2, 0.25) is 5.91 Å². The van der Waals surface area contributed by atoms with Crippen LogP contribution in [-0.2, 0) is 9.53 Å². The highest BCUT2D eigenvalue weighted by Gasteiger charge is 2.27. The average molecular weight is 397 g/mol. The van der Waals surface area contributed by atoms with Crippen molar-refractivity contribution in [1.29, 1.82) is 0 Å². The number of rotatable bonds is 5. The number of carbonyl (C=O) groups excluding carboxylic acids is 1. The van der Waals surface area contributed by atoms with Crippen molar-refractivity contribution >= 4 is 11.7 Å². The lowest BCUT2D eigenvalue weighted by Gasteiger charge is -2.34. The van der Waals surface area contributed by atoms with Crippen LogP contribution in [-0.4, -0.2) is 67.6 Å². The molecule has 0 aliphatic carbocycles. The molecule has 4 rings (SSSR count). The fourth-order valence-electron chi connectivity index (χ4n) is 3.70. The van der Waals surface area contributed by atoms with Gasteiger partial charge in [-0.25, -0.2) is 5.01 Å². The molecule has 1 aromatic carbocycles. The number of methoxy groups -OCH3 is 1. The van der Waals surface area contributed by atoms with Crippen LogP contribution < -0.4 is 15.1 Å². The molecule has 1 amide bonds. The SMILES string of the molecule is COc1ccc(-c2ccc(N3CCC(C(=O)NN4CCOCC4)CC3)nn2)cc1. The summed E-state index contributed by atoms with van der Waals surface area (Å²) >= 11 is 0. The fourth-order valence-corrected chi connectivity index (χ4v) is 3.70. The molecule has 3 heterocycles. The van der Waals surface area contributed by atoms with E-state index in [-0.39, 0.29) is 11.8 Å². The Balaban J connectivity index is 1.30. The summed E-state index contributed by atoms with van der Waals surface area (Å²) in [6, 6.07) is 11.8. The van der Waals surface area contributed by atoms with Gasteiger partial charge in [0.1, 0.15) is 5.75 Å². The Morgan fingerprint density at radius 1 is 1.03 bits per heavy atom. The van der Waals surface area contributed by atoms with E-state index in [0.29, 0.717) is 13.2 Å². The maximum absolute atomic E-state index is 12.5. The Labute approximate surface area is 170 Å². The number of anilines is 1. The summed E-state index contributed by atoms with van der Waals surface area (Å²) in [6.07, 6.45) is 1.64. The molecule has 0 bridgehead atoms. The monoisotopic (exact) mass is 397 g/mol. The first-order valence-electron chi connectivity index (χ1n) is 10.1. The lowest BCUT2D eigenvalue weighted by molar-refractivity contribution is -0.132. The van der Waals surface area contributed by atoms with Crippen LogP contribution in [0.15, 0.2) is 36.4 Å². The number of carbonyl (C=O) groups is 1. The van der Waals surface area contributed by atoms with Gasteiger partial charge < -0.3 is 14.4 Å². The summed E-state index contributed by atoms with van der Waals surface area (Å²) in [7, 11) is 1.65. The maximum Gasteiger partial charge on any atom is 0.237 e. The molecular formula is C21H27N5O3. The molecule has 154 valence electrons. The first kappa shape index (κ1) is 19.6. The van der Waals surface area contributed by atoms with Crippen LogP contribution in [0.25, 0.3) is 11.3 Å². The number of hydrogen-bond acceptors (Lipinski definition) is 7. The molecule has 0 unspecified atom stereocenters. The highest BCUT2D eigenvalue weighted by molar-refractivity contribution is 5.78. The smallest absolute Gasteiger partial charge is 0.237 e. The number of piperidine rings is 1. The van der Waals surface area contributed by atoms with E-state index in [1.807, 2.05) is 41.4 Å². The first-order chi connectivity index (χ1) is 14.2. The third kappa shape index (κ3) is 4.83. The number of benzene rings is 1. The van der Waals surface area contributed by atoms with Gasteiger partial charge in [-0.3, -0.25) is 10.2 Å². The van der Waals surface area contributed by atoms with Crippen molar-refractivity contribution in [3.05, 3.63) is 36.4 Å². The van der Waals surface area contributed by atoms with Crippen molar-refractivity contribution < 1.29 is 14.3 Å². The molecule has 2 aliphatic rings.